The molecule has 0 bridgehead atoms. The van der Waals surface area contributed by atoms with Crippen molar-refractivity contribution in [2.45, 2.75) is 80.9 Å². The lowest BCUT2D eigenvalue weighted by atomic mass is 9.95. The molecule has 0 amide bonds. The van der Waals surface area contributed by atoms with Gasteiger partial charge in [-0.05, 0) is 24.6 Å². The summed E-state index contributed by atoms with van der Waals surface area (Å²) in [7, 11) is 1.39. The van der Waals surface area contributed by atoms with Crippen LogP contribution in [0.25, 0.3) is 0 Å². The minimum Gasteiger partial charge on any atom is -0.507 e. The summed E-state index contributed by atoms with van der Waals surface area (Å²) in [6.45, 7) is 0.964. The van der Waals surface area contributed by atoms with Crippen molar-refractivity contribution >= 4 is 5.78 Å². The van der Waals surface area contributed by atoms with Gasteiger partial charge in [0, 0.05) is 12.1 Å². The van der Waals surface area contributed by atoms with Gasteiger partial charge in [0.25, 0.3) is 0 Å². The topological polar surface area (TPSA) is 234 Å². The van der Waals surface area contributed by atoms with E-state index in [0.29, 0.717) is 5.56 Å². The van der Waals surface area contributed by atoms with Crippen LogP contribution in [0.15, 0.2) is 30.3 Å². The van der Waals surface area contributed by atoms with Crippen LogP contribution in [-0.4, -0.2) is 122 Å². The lowest BCUT2D eigenvalue weighted by molar-refractivity contribution is -0.318. The van der Waals surface area contributed by atoms with E-state index < -0.39 is 85.7 Å². The number of aliphatic hydroxyl groups excluding tert-OH is 6. The van der Waals surface area contributed by atoms with E-state index in [4.69, 9.17) is 28.4 Å². The van der Waals surface area contributed by atoms with E-state index in [1.165, 1.54) is 32.2 Å². The van der Waals surface area contributed by atoms with E-state index in [1.54, 1.807) is 6.07 Å². The average Bonchev–Trinajstić information content (AvgIpc) is 2.97. The molecule has 0 saturated carbocycles. The number of hydrogen-bond acceptors (Lipinski definition) is 15. The van der Waals surface area contributed by atoms with Gasteiger partial charge in [0.15, 0.2) is 23.6 Å². The number of ether oxygens (including phenoxy) is 6. The molecule has 2 aromatic carbocycles. The van der Waals surface area contributed by atoms with E-state index in [-0.39, 0.29) is 35.0 Å². The number of carbonyl (C=O) groups is 1. The molecule has 236 valence electrons. The summed E-state index contributed by atoms with van der Waals surface area (Å²) in [5.41, 5.74) is 0.373. The van der Waals surface area contributed by atoms with Gasteiger partial charge in [0.1, 0.15) is 71.6 Å². The van der Waals surface area contributed by atoms with Crippen molar-refractivity contribution in [3.63, 3.8) is 0 Å². The number of carbonyl (C=O) groups excluding carboxylic acids is 1. The average molecular weight is 611 g/mol. The van der Waals surface area contributed by atoms with Crippen LogP contribution >= 0.6 is 0 Å². The van der Waals surface area contributed by atoms with Crippen LogP contribution in [0.3, 0.4) is 0 Å². The maximum absolute atomic E-state index is 12.9. The van der Waals surface area contributed by atoms with E-state index >= 15 is 0 Å². The van der Waals surface area contributed by atoms with E-state index in [9.17, 15) is 45.6 Å². The number of phenolic OH excluding ortho intramolecular Hbond substituents is 2. The standard InChI is InChI=1S/C28H34O15/c1-10-21(32)23(34)25(36)27(40-10)39-9-19-22(33)24(35)26(37)28(43-19)41-12-6-14(30)20-15(31)8-17(42-18(20)7-12)11-3-4-16(38-2)13(29)5-11/h3-7,10,17,19,21-30,32-37H,8-9H2,1-2H3/t10-,17+,19-,21+,22-,23+,24+,25+,26-,27-,28-/m1/s1. The highest BCUT2D eigenvalue weighted by Gasteiger charge is 2.47. The molecule has 43 heavy (non-hydrogen) atoms. The fourth-order valence-corrected chi connectivity index (χ4v) is 5.20. The first kappa shape index (κ1) is 31.2. The van der Waals surface area contributed by atoms with Gasteiger partial charge in [0.2, 0.25) is 6.29 Å². The Morgan fingerprint density at radius 2 is 1.53 bits per heavy atom. The molecule has 0 aromatic heterocycles. The molecule has 2 fully saturated rings. The largest absolute Gasteiger partial charge is 0.507 e. The van der Waals surface area contributed by atoms with Crippen molar-refractivity contribution in [3.05, 3.63) is 41.5 Å². The highest BCUT2D eigenvalue weighted by Crippen LogP contribution is 2.43. The fourth-order valence-electron chi connectivity index (χ4n) is 5.20. The smallest absolute Gasteiger partial charge is 0.229 e. The van der Waals surface area contributed by atoms with Crippen molar-refractivity contribution < 1.29 is 74.1 Å². The van der Waals surface area contributed by atoms with Crippen molar-refractivity contribution in [1.29, 1.82) is 0 Å². The summed E-state index contributed by atoms with van der Waals surface area (Å²) in [5, 5.41) is 82.2. The number of aromatic hydroxyl groups is 2. The lowest BCUT2D eigenvalue weighted by Crippen LogP contribution is -2.61. The summed E-state index contributed by atoms with van der Waals surface area (Å²) >= 11 is 0. The zero-order valence-electron chi connectivity index (χ0n) is 23.1. The molecule has 2 saturated heterocycles. The number of aliphatic hydroxyl groups is 6. The van der Waals surface area contributed by atoms with Crippen LogP contribution in [0, 0.1) is 0 Å². The number of phenols is 2. The van der Waals surface area contributed by atoms with Crippen molar-refractivity contribution in [2.75, 3.05) is 13.7 Å². The summed E-state index contributed by atoms with van der Waals surface area (Å²) in [6, 6.07) is 6.90. The Balaban J connectivity index is 1.30. The fraction of sp³-hybridized carbons (Fsp3) is 0.536. The number of Topliss-reactive ketones (excluding diaryl/α,β-unsaturated/α-hetero) is 1. The van der Waals surface area contributed by atoms with Crippen LogP contribution in [0.4, 0.5) is 0 Å². The van der Waals surface area contributed by atoms with Gasteiger partial charge in [-0.15, -0.1) is 0 Å². The molecule has 3 aliphatic heterocycles. The zero-order chi connectivity index (χ0) is 31.2. The third-order valence-electron chi connectivity index (χ3n) is 7.70. The van der Waals surface area contributed by atoms with Crippen LogP contribution in [0.1, 0.15) is 35.4 Å². The zero-order valence-corrected chi connectivity index (χ0v) is 23.1. The Labute approximate surface area is 245 Å². The van der Waals surface area contributed by atoms with Crippen LogP contribution in [0.2, 0.25) is 0 Å². The molecular weight excluding hydrogens is 576 g/mol. The number of fused-ring (bicyclic) bond motifs is 1. The van der Waals surface area contributed by atoms with Gasteiger partial charge < -0.3 is 69.3 Å². The molecule has 8 N–H and O–H groups in total. The summed E-state index contributed by atoms with van der Waals surface area (Å²) in [4.78, 5) is 12.9. The molecule has 3 aliphatic rings. The molecule has 3 heterocycles. The van der Waals surface area contributed by atoms with E-state index in [0.717, 1.165) is 6.07 Å². The van der Waals surface area contributed by atoms with Crippen LogP contribution in [-0.2, 0) is 14.2 Å². The van der Waals surface area contributed by atoms with E-state index in [2.05, 4.69) is 0 Å². The van der Waals surface area contributed by atoms with Gasteiger partial charge in [-0.3, -0.25) is 4.79 Å². The number of rotatable bonds is 7. The van der Waals surface area contributed by atoms with Crippen LogP contribution in [0.5, 0.6) is 28.7 Å². The second-order valence-corrected chi connectivity index (χ2v) is 10.6. The first-order valence-corrected chi connectivity index (χ1v) is 13.5. The molecule has 15 heteroatoms. The highest BCUT2D eigenvalue weighted by atomic mass is 16.7. The Hall–Kier alpha value is -3.25. The first-order valence-electron chi connectivity index (χ1n) is 13.5. The molecule has 5 rings (SSSR count). The second-order valence-electron chi connectivity index (χ2n) is 10.6. The second kappa shape index (κ2) is 12.4. The van der Waals surface area contributed by atoms with Crippen molar-refractivity contribution in [3.8, 4) is 28.7 Å². The quantitative estimate of drug-likeness (QED) is 0.185. The van der Waals surface area contributed by atoms with Gasteiger partial charge >= 0.3 is 0 Å². The maximum atomic E-state index is 12.9. The number of methoxy groups -OCH3 is 1. The van der Waals surface area contributed by atoms with Crippen LogP contribution < -0.4 is 14.2 Å². The van der Waals surface area contributed by atoms with Gasteiger partial charge in [-0.25, -0.2) is 0 Å². The first-order chi connectivity index (χ1) is 20.4. The molecular formula is C28H34O15. The summed E-state index contributed by atoms with van der Waals surface area (Å²) in [5.74, 6) is -0.999. The Kier molecular flexibility index (Phi) is 8.99. The molecule has 2 aromatic rings. The molecule has 11 atom stereocenters. The normalized spacial score (nSPS) is 36.0. The predicted octanol–water partition coefficient (Wildman–Crippen LogP) is -1.16. The summed E-state index contributed by atoms with van der Waals surface area (Å²) < 4.78 is 33.1. The maximum Gasteiger partial charge on any atom is 0.229 e. The number of benzene rings is 2. The minimum absolute atomic E-state index is 0.0457. The SMILES string of the molecule is COc1ccc([C@@H]2CC(=O)c3c(O)cc(O[C@@H]4O[C@H](CO[C@@H]5O[C@H](C)[C@H](O)[C@H](O)[C@@H]5O)[C@@H](O)[C@H](O)[C@H]4O)cc3O2)cc1O. The number of hydrogen-bond donors (Lipinski definition) is 8. The molecule has 0 radical (unpaired) electrons. The Morgan fingerprint density at radius 3 is 2.23 bits per heavy atom. The van der Waals surface area contributed by atoms with E-state index in [1.807, 2.05) is 0 Å². The highest BCUT2D eigenvalue weighted by molar-refractivity contribution is 6.02. The molecule has 0 unspecified atom stereocenters. The monoisotopic (exact) mass is 610 g/mol. The Bertz CT molecular complexity index is 1320. The van der Waals surface area contributed by atoms with Gasteiger partial charge in [-0.2, -0.15) is 0 Å². The predicted molar refractivity (Wildman–Crippen MR) is 141 cm³/mol. The third kappa shape index (κ3) is 6.08. The van der Waals surface area contributed by atoms with Crippen molar-refractivity contribution in [1.82, 2.24) is 0 Å². The third-order valence-corrected chi connectivity index (χ3v) is 7.70. The van der Waals surface area contributed by atoms with Gasteiger partial charge in [0.05, 0.1) is 26.2 Å². The number of ketones is 1. The molecule has 0 spiro atoms. The lowest BCUT2D eigenvalue weighted by Gasteiger charge is -2.42. The molecule has 15 nitrogen and oxygen atoms in total. The Morgan fingerprint density at radius 1 is 0.837 bits per heavy atom. The molecule has 0 aliphatic carbocycles. The van der Waals surface area contributed by atoms with Gasteiger partial charge in [-0.1, -0.05) is 6.07 Å². The summed E-state index contributed by atoms with van der Waals surface area (Å²) in [6.07, 6.45) is -15.9. The van der Waals surface area contributed by atoms with Crippen molar-refractivity contribution in [2.24, 2.45) is 0 Å². The minimum atomic E-state index is -1.77.